The summed E-state index contributed by atoms with van der Waals surface area (Å²) in [5.74, 6) is 1.13. The number of hydrogen-bond acceptors (Lipinski definition) is 8. The zero-order chi connectivity index (χ0) is 24.7. The minimum Gasteiger partial charge on any atom is -0.493 e. The Kier molecular flexibility index (Phi) is 8.78. The Morgan fingerprint density at radius 2 is 1.91 bits per heavy atom. The van der Waals surface area contributed by atoms with Crippen LogP contribution in [0.2, 0.25) is 5.02 Å². The molecule has 0 bridgehead atoms. The molecule has 1 heterocycles. The lowest BCUT2D eigenvalue weighted by molar-refractivity contribution is -0.113. The van der Waals surface area contributed by atoms with Crippen LogP contribution in [0.15, 0.2) is 41.6 Å². The molecule has 1 amide bonds. The average molecular weight is 505 g/mol. The van der Waals surface area contributed by atoms with Crippen molar-refractivity contribution in [1.82, 2.24) is 14.8 Å². The van der Waals surface area contributed by atoms with E-state index in [9.17, 15) is 9.59 Å². The number of aromatic nitrogens is 3. The fourth-order valence-electron chi connectivity index (χ4n) is 3.07. The number of ether oxygens (including phenoxy) is 3. The fourth-order valence-corrected chi connectivity index (χ4v) is 4.05. The summed E-state index contributed by atoms with van der Waals surface area (Å²) in [6.45, 7) is 4.74. The quantitative estimate of drug-likeness (QED) is 0.320. The van der Waals surface area contributed by atoms with Crippen molar-refractivity contribution in [3.8, 4) is 11.5 Å². The van der Waals surface area contributed by atoms with Gasteiger partial charge in [0.05, 0.1) is 36.2 Å². The van der Waals surface area contributed by atoms with Crippen LogP contribution in [0, 0.1) is 6.92 Å². The van der Waals surface area contributed by atoms with E-state index in [1.54, 1.807) is 7.11 Å². The number of nitrogens with zero attached hydrogens (tertiary/aromatic N) is 3. The van der Waals surface area contributed by atoms with Gasteiger partial charge in [-0.3, -0.25) is 4.79 Å². The Morgan fingerprint density at radius 3 is 2.62 bits per heavy atom. The molecule has 3 aromatic rings. The molecule has 0 aliphatic heterocycles. The van der Waals surface area contributed by atoms with E-state index in [1.165, 1.54) is 37.1 Å². The van der Waals surface area contributed by atoms with Crippen molar-refractivity contribution >= 4 is 40.9 Å². The van der Waals surface area contributed by atoms with E-state index in [0.717, 1.165) is 5.56 Å². The summed E-state index contributed by atoms with van der Waals surface area (Å²) in [6, 6.07) is 10.2. The molecule has 0 aliphatic carbocycles. The van der Waals surface area contributed by atoms with Gasteiger partial charge in [-0.15, -0.1) is 10.2 Å². The van der Waals surface area contributed by atoms with Crippen LogP contribution >= 0.6 is 23.4 Å². The van der Waals surface area contributed by atoms with Gasteiger partial charge in [-0.25, -0.2) is 4.79 Å². The van der Waals surface area contributed by atoms with Crippen molar-refractivity contribution in [2.75, 3.05) is 25.3 Å². The maximum absolute atomic E-state index is 12.5. The number of benzene rings is 2. The van der Waals surface area contributed by atoms with Crippen LogP contribution in [0.1, 0.15) is 28.7 Å². The predicted octanol–water partition coefficient (Wildman–Crippen LogP) is 4.36. The number of carbonyl (C=O) groups is 2. The molecule has 1 N–H and O–H groups in total. The number of rotatable bonds is 10. The Morgan fingerprint density at radius 1 is 1.12 bits per heavy atom. The summed E-state index contributed by atoms with van der Waals surface area (Å²) in [6.07, 6.45) is 0. The minimum atomic E-state index is -0.518. The topological polar surface area (TPSA) is 105 Å². The highest BCUT2D eigenvalue weighted by Crippen LogP contribution is 2.29. The molecule has 3 rings (SSSR count). The third-order valence-corrected chi connectivity index (χ3v) is 6.08. The monoisotopic (exact) mass is 504 g/mol. The molecule has 1 aromatic heterocycles. The number of amides is 1. The number of halogens is 1. The molecule has 0 spiro atoms. The molecular formula is C23H25ClN4O5S. The van der Waals surface area contributed by atoms with Crippen molar-refractivity contribution in [2.24, 2.45) is 0 Å². The normalized spacial score (nSPS) is 10.6. The largest absolute Gasteiger partial charge is 0.493 e. The first-order valence-corrected chi connectivity index (χ1v) is 11.7. The van der Waals surface area contributed by atoms with E-state index < -0.39 is 5.97 Å². The summed E-state index contributed by atoms with van der Waals surface area (Å²) in [5, 5.41) is 12.0. The zero-order valence-electron chi connectivity index (χ0n) is 19.3. The van der Waals surface area contributed by atoms with E-state index in [1.807, 2.05) is 36.6 Å². The van der Waals surface area contributed by atoms with Gasteiger partial charge in [0.15, 0.2) is 22.5 Å². The van der Waals surface area contributed by atoms with Crippen LogP contribution in [0.5, 0.6) is 11.5 Å². The van der Waals surface area contributed by atoms with Gasteiger partial charge in [0.25, 0.3) is 0 Å². The number of hydrogen-bond donors (Lipinski definition) is 1. The lowest BCUT2D eigenvalue weighted by Gasteiger charge is -2.12. The van der Waals surface area contributed by atoms with Crippen molar-refractivity contribution in [2.45, 2.75) is 32.2 Å². The van der Waals surface area contributed by atoms with Crippen molar-refractivity contribution in [1.29, 1.82) is 0 Å². The van der Waals surface area contributed by atoms with Crippen LogP contribution in [-0.2, 0) is 22.7 Å². The Balaban J connectivity index is 1.63. The maximum atomic E-state index is 12.5. The van der Waals surface area contributed by atoms with Crippen molar-refractivity contribution in [3.05, 3.63) is 58.4 Å². The van der Waals surface area contributed by atoms with Crippen LogP contribution in [-0.4, -0.2) is 46.6 Å². The summed E-state index contributed by atoms with van der Waals surface area (Å²) < 4.78 is 17.8. The summed E-state index contributed by atoms with van der Waals surface area (Å²) in [5.41, 5.74) is 1.68. The number of thioether (sulfide) groups is 1. The third kappa shape index (κ3) is 6.21. The molecule has 0 radical (unpaired) electrons. The second-order valence-corrected chi connectivity index (χ2v) is 8.46. The molecule has 0 fully saturated rings. The van der Waals surface area contributed by atoms with Gasteiger partial charge in [-0.1, -0.05) is 29.4 Å². The summed E-state index contributed by atoms with van der Waals surface area (Å²) >= 11 is 7.38. The SMILES string of the molecule is CCn1c(COc2ccc(C)cc2OC)nnc1SCC(=O)Nc1cc(C(=O)OC)ccc1Cl. The van der Waals surface area contributed by atoms with Crippen LogP contribution in [0.4, 0.5) is 5.69 Å². The third-order valence-electron chi connectivity index (χ3n) is 4.78. The van der Waals surface area contributed by atoms with Gasteiger partial charge in [0.1, 0.15) is 6.61 Å². The molecule has 9 nitrogen and oxygen atoms in total. The van der Waals surface area contributed by atoms with Gasteiger partial charge in [0, 0.05) is 6.54 Å². The lowest BCUT2D eigenvalue weighted by Crippen LogP contribution is -2.16. The number of nitrogens with one attached hydrogen (secondary N) is 1. The minimum absolute atomic E-state index is 0.0730. The van der Waals surface area contributed by atoms with E-state index in [-0.39, 0.29) is 23.8 Å². The second kappa shape index (κ2) is 11.8. The van der Waals surface area contributed by atoms with Gasteiger partial charge >= 0.3 is 5.97 Å². The predicted molar refractivity (Wildman–Crippen MR) is 130 cm³/mol. The molecule has 0 atom stereocenters. The highest BCUT2D eigenvalue weighted by atomic mass is 35.5. The van der Waals surface area contributed by atoms with Gasteiger partial charge in [-0.2, -0.15) is 0 Å². The molecule has 180 valence electrons. The first-order valence-electron chi connectivity index (χ1n) is 10.4. The molecule has 0 unspecified atom stereocenters. The van der Waals surface area contributed by atoms with Crippen molar-refractivity contribution in [3.63, 3.8) is 0 Å². The zero-order valence-corrected chi connectivity index (χ0v) is 20.8. The van der Waals surface area contributed by atoms with Crippen molar-refractivity contribution < 1.29 is 23.8 Å². The van der Waals surface area contributed by atoms with Crippen LogP contribution in [0.25, 0.3) is 0 Å². The Hall–Kier alpha value is -3.24. The van der Waals surface area contributed by atoms with E-state index in [0.29, 0.717) is 39.7 Å². The molecule has 11 heteroatoms. The molecular weight excluding hydrogens is 480 g/mol. The second-order valence-electron chi connectivity index (χ2n) is 7.11. The number of carbonyl (C=O) groups excluding carboxylic acids is 2. The van der Waals surface area contributed by atoms with Gasteiger partial charge in [0.2, 0.25) is 5.91 Å². The molecule has 0 saturated carbocycles. The first kappa shape index (κ1) is 25.4. The highest BCUT2D eigenvalue weighted by Gasteiger charge is 2.16. The molecule has 2 aromatic carbocycles. The fraction of sp³-hybridized carbons (Fsp3) is 0.304. The van der Waals surface area contributed by atoms with Gasteiger partial charge in [-0.05, 0) is 49.7 Å². The standard InChI is InChI=1S/C23H25ClN4O5S/c1-5-28-20(12-33-18-9-6-14(2)10-19(18)31-3)26-27-23(28)34-13-21(29)25-17-11-15(22(30)32-4)7-8-16(17)24/h6-11H,5,12-13H2,1-4H3,(H,25,29). The van der Waals surface area contributed by atoms with Crippen LogP contribution < -0.4 is 14.8 Å². The Bertz CT molecular complexity index is 1180. The summed E-state index contributed by atoms with van der Waals surface area (Å²) in [7, 11) is 2.88. The number of methoxy groups -OCH3 is 2. The highest BCUT2D eigenvalue weighted by molar-refractivity contribution is 7.99. The molecule has 0 saturated heterocycles. The average Bonchev–Trinajstić information content (AvgIpc) is 3.24. The number of aryl methyl sites for hydroxylation is 1. The maximum Gasteiger partial charge on any atom is 0.337 e. The van der Waals surface area contributed by atoms with E-state index in [2.05, 4.69) is 15.5 Å². The van der Waals surface area contributed by atoms with E-state index in [4.69, 9.17) is 25.8 Å². The number of esters is 1. The van der Waals surface area contributed by atoms with Crippen LogP contribution in [0.3, 0.4) is 0 Å². The van der Waals surface area contributed by atoms with E-state index >= 15 is 0 Å². The molecule has 0 aliphatic rings. The molecule has 34 heavy (non-hydrogen) atoms. The van der Waals surface area contributed by atoms with Gasteiger partial charge < -0.3 is 24.1 Å². The Labute approximate surface area is 206 Å². The smallest absolute Gasteiger partial charge is 0.337 e. The first-order chi connectivity index (χ1) is 16.4. The lowest BCUT2D eigenvalue weighted by atomic mass is 10.2. The number of anilines is 1. The summed E-state index contributed by atoms with van der Waals surface area (Å²) in [4.78, 5) is 24.2.